The minimum absolute atomic E-state index is 0.523. The number of fused-ring (bicyclic) bond motifs is 1. The van der Waals surface area contributed by atoms with Gasteiger partial charge in [-0.3, -0.25) is 0 Å². The molecule has 20 heavy (non-hydrogen) atoms. The second kappa shape index (κ2) is 6.39. The standard InChI is InChI=1S/C16H23NO3/c1-12-14(13-6-4-5-7-15(13)20-12)10-17-11-16(2,18)8-9-19-3/h4-7,17-18H,8-11H2,1-3H3. The van der Waals surface area contributed by atoms with Gasteiger partial charge in [-0.25, -0.2) is 0 Å². The largest absolute Gasteiger partial charge is 0.461 e. The Morgan fingerprint density at radius 2 is 2.10 bits per heavy atom. The predicted octanol–water partition coefficient (Wildman–Crippen LogP) is 2.62. The number of ether oxygens (including phenoxy) is 1. The van der Waals surface area contributed by atoms with Gasteiger partial charge in [0.2, 0.25) is 0 Å². The first kappa shape index (κ1) is 15.0. The minimum atomic E-state index is -0.760. The summed E-state index contributed by atoms with van der Waals surface area (Å²) in [7, 11) is 1.64. The SMILES string of the molecule is COCCC(C)(O)CNCc1c(C)oc2ccccc12. The van der Waals surface area contributed by atoms with Gasteiger partial charge in [0.05, 0.1) is 5.60 Å². The molecule has 2 N–H and O–H groups in total. The lowest BCUT2D eigenvalue weighted by molar-refractivity contribution is 0.0247. The molecule has 0 aliphatic rings. The van der Waals surface area contributed by atoms with Gasteiger partial charge in [-0.15, -0.1) is 0 Å². The highest BCUT2D eigenvalue weighted by molar-refractivity contribution is 5.82. The van der Waals surface area contributed by atoms with E-state index in [0.717, 1.165) is 22.3 Å². The molecule has 0 amide bonds. The second-order valence-electron chi connectivity index (χ2n) is 5.48. The smallest absolute Gasteiger partial charge is 0.134 e. The average molecular weight is 277 g/mol. The minimum Gasteiger partial charge on any atom is -0.461 e. The van der Waals surface area contributed by atoms with Gasteiger partial charge in [0.25, 0.3) is 0 Å². The molecule has 0 fully saturated rings. The monoisotopic (exact) mass is 277 g/mol. The second-order valence-corrected chi connectivity index (χ2v) is 5.48. The summed E-state index contributed by atoms with van der Waals surface area (Å²) >= 11 is 0. The first-order chi connectivity index (χ1) is 9.53. The van der Waals surface area contributed by atoms with Crippen molar-refractivity contribution in [2.75, 3.05) is 20.3 Å². The molecule has 1 aromatic heterocycles. The van der Waals surface area contributed by atoms with Crippen LogP contribution in [0.4, 0.5) is 0 Å². The van der Waals surface area contributed by atoms with Crippen molar-refractivity contribution in [3.63, 3.8) is 0 Å². The molecule has 1 unspecified atom stereocenters. The van der Waals surface area contributed by atoms with Crippen molar-refractivity contribution < 1.29 is 14.3 Å². The van der Waals surface area contributed by atoms with Gasteiger partial charge in [0, 0.05) is 44.2 Å². The van der Waals surface area contributed by atoms with Gasteiger partial charge in [-0.05, 0) is 19.9 Å². The van der Waals surface area contributed by atoms with Crippen molar-refractivity contribution in [2.24, 2.45) is 0 Å². The molecule has 110 valence electrons. The molecule has 4 heteroatoms. The van der Waals surface area contributed by atoms with E-state index >= 15 is 0 Å². The maximum absolute atomic E-state index is 10.2. The van der Waals surface area contributed by atoms with Crippen molar-refractivity contribution >= 4 is 11.0 Å². The molecule has 0 aliphatic heterocycles. The summed E-state index contributed by atoms with van der Waals surface area (Å²) < 4.78 is 10.7. The number of aryl methyl sites for hydroxylation is 1. The van der Waals surface area contributed by atoms with Crippen LogP contribution in [-0.2, 0) is 11.3 Å². The summed E-state index contributed by atoms with van der Waals surface area (Å²) in [5.41, 5.74) is 1.31. The summed E-state index contributed by atoms with van der Waals surface area (Å²) in [6.45, 7) is 5.56. The number of hydrogen-bond donors (Lipinski definition) is 2. The van der Waals surface area contributed by atoms with E-state index in [1.165, 1.54) is 0 Å². The van der Waals surface area contributed by atoms with Crippen LogP contribution in [0.25, 0.3) is 11.0 Å². The highest BCUT2D eigenvalue weighted by Gasteiger charge is 2.20. The molecule has 1 heterocycles. The van der Waals surface area contributed by atoms with Crippen LogP contribution in [-0.4, -0.2) is 31.0 Å². The highest BCUT2D eigenvalue weighted by Crippen LogP contribution is 2.25. The summed E-state index contributed by atoms with van der Waals surface area (Å²) in [5, 5.41) is 14.6. The number of benzene rings is 1. The summed E-state index contributed by atoms with van der Waals surface area (Å²) in [6.07, 6.45) is 0.613. The Labute approximate surface area is 119 Å². The molecule has 4 nitrogen and oxygen atoms in total. The average Bonchev–Trinajstić information content (AvgIpc) is 2.73. The summed E-state index contributed by atoms with van der Waals surface area (Å²) in [6, 6.07) is 8.01. The van der Waals surface area contributed by atoms with E-state index in [2.05, 4.69) is 11.4 Å². The van der Waals surface area contributed by atoms with Gasteiger partial charge >= 0.3 is 0 Å². The number of rotatable bonds is 7. The van der Waals surface area contributed by atoms with E-state index in [-0.39, 0.29) is 0 Å². The van der Waals surface area contributed by atoms with E-state index in [4.69, 9.17) is 9.15 Å². The number of methoxy groups -OCH3 is 1. The number of hydrogen-bond acceptors (Lipinski definition) is 4. The Hall–Kier alpha value is -1.36. The Balaban J connectivity index is 1.98. The van der Waals surface area contributed by atoms with Gasteiger partial charge in [-0.2, -0.15) is 0 Å². The number of aliphatic hydroxyl groups is 1. The van der Waals surface area contributed by atoms with Crippen molar-refractivity contribution in [1.29, 1.82) is 0 Å². The topological polar surface area (TPSA) is 54.6 Å². The molecule has 0 saturated carbocycles. The number of nitrogens with one attached hydrogen (secondary N) is 1. The first-order valence-corrected chi connectivity index (χ1v) is 6.92. The maximum atomic E-state index is 10.2. The van der Waals surface area contributed by atoms with E-state index in [0.29, 0.717) is 26.1 Å². The molecular formula is C16H23NO3. The molecule has 2 rings (SSSR count). The zero-order chi connectivity index (χ0) is 14.6. The predicted molar refractivity (Wildman–Crippen MR) is 79.8 cm³/mol. The van der Waals surface area contributed by atoms with E-state index < -0.39 is 5.60 Å². The van der Waals surface area contributed by atoms with E-state index in [1.54, 1.807) is 7.11 Å². The summed E-state index contributed by atoms with van der Waals surface area (Å²) in [5.74, 6) is 0.926. The zero-order valence-electron chi connectivity index (χ0n) is 12.4. The van der Waals surface area contributed by atoms with Crippen molar-refractivity contribution in [1.82, 2.24) is 5.32 Å². The fraction of sp³-hybridized carbons (Fsp3) is 0.500. The Bertz CT molecular complexity index is 560. The van der Waals surface area contributed by atoms with Crippen LogP contribution in [0.1, 0.15) is 24.7 Å². The van der Waals surface area contributed by atoms with Crippen molar-refractivity contribution in [3.8, 4) is 0 Å². The fourth-order valence-corrected chi connectivity index (χ4v) is 2.31. The molecule has 0 spiro atoms. The van der Waals surface area contributed by atoms with Gasteiger partial charge < -0.3 is 19.6 Å². The Kier molecular flexibility index (Phi) is 4.81. The van der Waals surface area contributed by atoms with Gasteiger partial charge in [0.15, 0.2) is 0 Å². The van der Waals surface area contributed by atoms with Crippen LogP contribution in [0.3, 0.4) is 0 Å². The Morgan fingerprint density at radius 1 is 1.35 bits per heavy atom. The van der Waals surface area contributed by atoms with Crippen LogP contribution in [0.15, 0.2) is 28.7 Å². The quantitative estimate of drug-likeness (QED) is 0.817. The third-order valence-electron chi connectivity index (χ3n) is 3.55. The highest BCUT2D eigenvalue weighted by atomic mass is 16.5. The first-order valence-electron chi connectivity index (χ1n) is 6.92. The normalized spacial score (nSPS) is 14.6. The van der Waals surface area contributed by atoms with Crippen LogP contribution in [0.2, 0.25) is 0 Å². The van der Waals surface area contributed by atoms with Crippen LogP contribution in [0, 0.1) is 6.92 Å². The number of furan rings is 1. The maximum Gasteiger partial charge on any atom is 0.134 e. The lowest BCUT2D eigenvalue weighted by Gasteiger charge is -2.23. The third-order valence-corrected chi connectivity index (χ3v) is 3.55. The van der Waals surface area contributed by atoms with Crippen molar-refractivity contribution in [3.05, 3.63) is 35.6 Å². The third kappa shape index (κ3) is 3.60. The molecular weight excluding hydrogens is 254 g/mol. The molecule has 0 aliphatic carbocycles. The number of para-hydroxylation sites is 1. The molecule has 0 saturated heterocycles. The van der Waals surface area contributed by atoms with Crippen molar-refractivity contribution in [2.45, 2.75) is 32.4 Å². The Morgan fingerprint density at radius 3 is 2.85 bits per heavy atom. The molecule has 0 bridgehead atoms. The molecule has 2 aromatic rings. The van der Waals surface area contributed by atoms with Gasteiger partial charge in [-0.1, -0.05) is 18.2 Å². The molecule has 0 radical (unpaired) electrons. The lowest BCUT2D eigenvalue weighted by Crippen LogP contribution is -2.38. The van der Waals surface area contributed by atoms with Gasteiger partial charge in [0.1, 0.15) is 11.3 Å². The van der Waals surface area contributed by atoms with E-state index in [1.807, 2.05) is 32.0 Å². The molecule has 1 aromatic carbocycles. The summed E-state index contributed by atoms with van der Waals surface area (Å²) in [4.78, 5) is 0. The van der Waals surface area contributed by atoms with E-state index in [9.17, 15) is 5.11 Å². The molecule has 1 atom stereocenters. The van der Waals surface area contributed by atoms with Crippen LogP contribution < -0.4 is 5.32 Å². The lowest BCUT2D eigenvalue weighted by atomic mass is 10.0. The van der Waals surface area contributed by atoms with Crippen LogP contribution in [0.5, 0.6) is 0 Å². The zero-order valence-corrected chi connectivity index (χ0v) is 12.4. The fourth-order valence-electron chi connectivity index (χ4n) is 2.31. The van der Waals surface area contributed by atoms with Crippen LogP contribution >= 0.6 is 0 Å².